The Morgan fingerprint density at radius 3 is 2.71 bits per heavy atom. The summed E-state index contributed by atoms with van der Waals surface area (Å²) < 4.78 is 1.69. The second-order valence-corrected chi connectivity index (χ2v) is 6.28. The lowest BCUT2D eigenvalue weighted by Crippen LogP contribution is -2.55. The van der Waals surface area contributed by atoms with Crippen LogP contribution in [0.1, 0.15) is 18.9 Å². The molecule has 2 aromatic rings. The first kappa shape index (κ1) is 16.5. The number of carbonyl (C=O) groups is 1. The molecule has 0 aliphatic carbocycles. The fraction of sp³-hybridized carbons (Fsp3) is 0.444. The topological polar surface area (TPSA) is 53.4 Å². The molecule has 0 saturated carbocycles. The van der Waals surface area contributed by atoms with Crippen LogP contribution in [-0.4, -0.2) is 51.3 Å². The van der Waals surface area contributed by atoms with Crippen molar-refractivity contribution in [3.63, 3.8) is 0 Å². The van der Waals surface area contributed by atoms with Gasteiger partial charge < -0.3 is 4.90 Å². The summed E-state index contributed by atoms with van der Waals surface area (Å²) in [6.07, 6.45) is 2.77. The van der Waals surface area contributed by atoms with E-state index in [-0.39, 0.29) is 12.1 Å². The van der Waals surface area contributed by atoms with Gasteiger partial charge in [-0.15, -0.1) is 0 Å². The maximum absolute atomic E-state index is 12.6. The largest absolute Gasteiger partial charge is 0.323 e. The third kappa shape index (κ3) is 3.94. The van der Waals surface area contributed by atoms with Crippen molar-refractivity contribution in [1.29, 1.82) is 0 Å². The number of anilines is 1. The van der Waals surface area contributed by atoms with Gasteiger partial charge in [0.2, 0.25) is 0 Å². The minimum Gasteiger partial charge on any atom is -0.319 e. The van der Waals surface area contributed by atoms with Crippen molar-refractivity contribution in [3.8, 4) is 0 Å². The second kappa shape index (κ2) is 7.49. The van der Waals surface area contributed by atoms with Gasteiger partial charge in [-0.25, -0.2) is 4.79 Å². The third-order valence-corrected chi connectivity index (χ3v) is 4.50. The Balaban J connectivity index is 1.59. The molecule has 2 heterocycles. The normalized spacial score (nSPS) is 18.6. The Labute approximate surface area is 143 Å². The molecule has 0 spiro atoms. The lowest BCUT2D eigenvalue weighted by Gasteiger charge is -2.41. The number of piperazine rings is 1. The average Bonchev–Trinajstić information content (AvgIpc) is 3.00. The molecule has 1 N–H and O–H groups in total. The standard InChI is InChI=1S/C18H25N5O/c1-3-16-14-22(13-15-7-5-4-6-8-15)11-12-23(16)18(24)19-17-9-10-21(2)20-17/h4-10,16H,3,11-14H2,1-2H3,(H,19,20,24). The molecule has 0 radical (unpaired) electrons. The van der Waals surface area contributed by atoms with Gasteiger partial charge in [-0.05, 0) is 12.0 Å². The quantitative estimate of drug-likeness (QED) is 0.939. The Bertz CT molecular complexity index is 669. The Kier molecular flexibility index (Phi) is 5.15. The smallest absolute Gasteiger partial charge is 0.319 e. The van der Waals surface area contributed by atoms with Gasteiger partial charge in [-0.3, -0.25) is 14.9 Å². The molecule has 6 heteroatoms. The highest BCUT2D eigenvalue weighted by Gasteiger charge is 2.29. The molecular weight excluding hydrogens is 302 g/mol. The molecule has 1 aromatic carbocycles. The zero-order valence-electron chi connectivity index (χ0n) is 14.4. The van der Waals surface area contributed by atoms with Crippen molar-refractivity contribution >= 4 is 11.8 Å². The number of benzene rings is 1. The van der Waals surface area contributed by atoms with Crippen LogP contribution in [0.3, 0.4) is 0 Å². The van der Waals surface area contributed by atoms with Crippen LogP contribution in [0.25, 0.3) is 0 Å². The van der Waals surface area contributed by atoms with Crippen LogP contribution in [0, 0.1) is 0 Å². The summed E-state index contributed by atoms with van der Waals surface area (Å²) in [4.78, 5) is 16.9. The Hall–Kier alpha value is -2.34. The number of aryl methyl sites for hydroxylation is 1. The first-order valence-electron chi connectivity index (χ1n) is 8.49. The monoisotopic (exact) mass is 327 g/mol. The predicted molar refractivity (Wildman–Crippen MR) is 94.7 cm³/mol. The summed E-state index contributed by atoms with van der Waals surface area (Å²) in [6, 6.07) is 12.5. The van der Waals surface area contributed by atoms with Crippen LogP contribution in [0.4, 0.5) is 10.6 Å². The summed E-state index contributed by atoms with van der Waals surface area (Å²) in [7, 11) is 1.84. The number of hydrogen-bond donors (Lipinski definition) is 1. The van der Waals surface area contributed by atoms with E-state index in [1.54, 1.807) is 4.68 Å². The molecule has 6 nitrogen and oxygen atoms in total. The molecule has 128 valence electrons. The molecule has 24 heavy (non-hydrogen) atoms. The molecule has 1 aliphatic heterocycles. The van der Waals surface area contributed by atoms with E-state index < -0.39 is 0 Å². The minimum absolute atomic E-state index is 0.0556. The molecule has 2 amide bonds. The van der Waals surface area contributed by atoms with E-state index in [9.17, 15) is 4.79 Å². The van der Waals surface area contributed by atoms with Crippen molar-refractivity contribution in [2.75, 3.05) is 25.0 Å². The SMILES string of the molecule is CCC1CN(Cc2ccccc2)CCN1C(=O)Nc1ccn(C)n1. The third-order valence-electron chi connectivity index (χ3n) is 4.50. The molecule has 1 fully saturated rings. The molecule has 1 saturated heterocycles. The number of aromatic nitrogens is 2. The molecule has 1 aromatic heterocycles. The Morgan fingerprint density at radius 2 is 2.04 bits per heavy atom. The van der Waals surface area contributed by atoms with Gasteiger partial charge in [-0.1, -0.05) is 37.3 Å². The van der Waals surface area contributed by atoms with Crippen LogP contribution in [0.5, 0.6) is 0 Å². The van der Waals surface area contributed by atoms with E-state index in [4.69, 9.17) is 0 Å². The molecule has 3 rings (SSSR count). The van der Waals surface area contributed by atoms with E-state index in [2.05, 4.69) is 46.5 Å². The van der Waals surface area contributed by atoms with Crippen LogP contribution in [0.2, 0.25) is 0 Å². The molecule has 1 atom stereocenters. The number of nitrogens with one attached hydrogen (secondary N) is 1. The van der Waals surface area contributed by atoms with E-state index in [1.807, 2.05) is 30.3 Å². The fourth-order valence-corrected chi connectivity index (χ4v) is 3.18. The second-order valence-electron chi connectivity index (χ2n) is 6.28. The van der Waals surface area contributed by atoms with Crippen LogP contribution < -0.4 is 5.32 Å². The van der Waals surface area contributed by atoms with Crippen molar-refractivity contribution in [2.24, 2.45) is 7.05 Å². The Morgan fingerprint density at radius 1 is 1.25 bits per heavy atom. The van der Waals surface area contributed by atoms with Crippen LogP contribution in [0.15, 0.2) is 42.6 Å². The zero-order valence-corrected chi connectivity index (χ0v) is 14.4. The van der Waals surface area contributed by atoms with E-state index in [1.165, 1.54) is 5.56 Å². The number of hydrogen-bond acceptors (Lipinski definition) is 3. The summed E-state index contributed by atoms with van der Waals surface area (Å²) in [5.41, 5.74) is 1.32. The summed E-state index contributed by atoms with van der Waals surface area (Å²) in [5, 5.41) is 7.11. The van der Waals surface area contributed by atoms with E-state index in [0.717, 1.165) is 32.6 Å². The number of amides is 2. The van der Waals surface area contributed by atoms with Crippen molar-refractivity contribution in [2.45, 2.75) is 25.9 Å². The molecule has 1 aliphatic rings. The summed E-state index contributed by atoms with van der Waals surface area (Å²) in [6.45, 7) is 5.61. The zero-order chi connectivity index (χ0) is 16.9. The van der Waals surface area contributed by atoms with Gasteiger partial charge in [-0.2, -0.15) is 5.10 Å². The van der Waals surface area contributed by atoms with Gasteiger partial charge in [0.05, 0.1) is 0 Å². The average molecular weight is 327 g/mol. The lowest BCUT2D eigenvalue weighted by atomic mass is 10.1. The van der Waals surface area contributed by atoms with Gasteiger partial charge in [0.25, 0.3) is 0 Å². The van der Waals surface area contributed by atoms with Crippen LogP contribution >= 0.6 is 0 Å². The van der Waals surface area contributed by atoms with Gasteiger partial charge in [0, 0.05) is 51.5 Å². The van der Waals surface area contributed by atoms with Gasteiger partial charge >= 0.3 is 6.03 Å². The van der Waals surface area contributed by atoms with Gasteiger partial charge in [0.1, 0.15) is 0 Å². The number of rotatable bonds is 4. The highest BCUT2D eigenvalue weighted by atomic mass is 16.2. The molecule has 0 bridgehead atoms. The van der Waals surface area contributed by atoms with Crippen LogP contribution in [-0.2, 0) is 13.6 Å². The fourth-order valence-electron chi connectivity index (χ4n) is 3.18. The number of carbonyl (C=O) groups excluding carboxylic acids is 1. The first-order valence-corrected chi connectivity index (χ1v) is 8.49. The van der Waals surface area contributed by atoms with E-state index in [0.29, 0.717) is 5.82 Å². The number of urea groups is 1. The van der Waals surface area contributed by atoms with Crippen molar-refractivity contribution in [3.05, 3.63) is 48.2 Å². The van der Waals surface area contributed by atoms with Gasteiger partial charge in [0.15, 0.2) is 5.82 Å². The maximum Gasteiger partial charge on any atom is 0.323 e. The van der Waals surface area contributed by atoms with Crippen molar-refractivity contribution < 1.29 is 4.79 Å². The van der Waals surface area contributed by atoms with Crippen molar-refractivity contribution in [1.82, 2.24) is 19.6 Å². The molecular formula is C18H25N5O. The summed E-state index contributed by atoms with van der Waals surface area (Å²) >= 11 is 0. The highest BCUT2D eigenvalue weighted by molar-refractivity contribution is 5.88. The lowest BCUT2D eigenvalue weighted by molar-refractivity contribution is 0.0939. The first-order chi connectivity index (χ1) is 11.7. The van der Waals surface area contributed by atoms with E-state index >= 15 is 0 Å². The predicted octanol–water partition coefficient (Wildman–Crippen LogP) is 2.55. The minimum atomic E-state index is -0.0556. The molecule has 1 unspecified atom stereocenters. The highest BCUT2D eigenvalue weighted by Crippen LogP contribution is 2.17. The number of nitrogens with zero attached hydrogens (tertiary/aromatic N) is 4. The maximum atomic E-state index is 12.6. The summed E-state index contributed by atoms with van der Waals surface area (Å²) in [5.74, 6) is 0.601.